The molecule has 6 heteroatoms. The molecular formula is C15H16N2O3S. The van der Waals surface area contributed by atoms with Gasteiger partial charge in [0, 0.05) is 7.05 Å². The number of thiazole rings is 1. The summed E-state index contributed by atoms with van der Waals surface area (Å²) in [6.07, 6.45) is 1.33. The standard InChI is InChI=1S/C15H16N2O3S/c1-9-6-10(2)13-12(7-9)21-15(17(13)3)16-14(18)11-8-19-4-5-20-11/h6-8H,4-5H2,1-3H3. The third kappa shape index (κ3) is 2.58. The summed E-state index contributed by atoms with van der Waals surface area (Å²) >= 11 is 1.50. The number of aromatic nitrogens is 1. The van der Waals surface area contributed by atoms with Crippen molar-refractivity contribution in [1.82, 2.24) is 4.57 Å². The quantitative estimate of drug-likeness (QED) is 0.811. The first-order valence-electron chi connectivity index (χ1n) is 6.66. The summed E-state index contributed by atoms with van der Waals surface area (Å²) in [5.74, 6) is -0.252. The van der Waals surface area contributed by atoms with Crippen LogP contribution in [-0.2, 0) is 21.3 Å². The number of carbonyl (C=O) groups is 1. The van der Waals surface area contributed by atoms with Gasteiger partial charge in [-0.3, -0.25) is 4.79 Å². The van der Waals surface area contributed by atoms with Crippen LogP contribution in [0.2, 0.25) is 0 Å². The molecule has 0 saturated heterocycles. The van der Waals surface area contributed by atoms with Gasteiger partial charge in [0.05, 0.1) is 10.2 Å². The molecule has 0 unspecified atom stereocenters. The van der Waals surface area contributed by atoms with E-state index in [0.717, 1.165) is 10.2 Å². The van der Waals surface area contributed by atoms with Crippen molar-refractivity contribution < 1.29 is 14.3 Å². The minimum Gasteiger partial charge on any atom is -0.494 e. The van der Waals surface area contributed by atoms with Gasteiger partial charge in [-0.25, -0.2) is 0 Å². The Morgan fingerprint density at radius 1 is 1.33 bits per heavy atom. The molecule has 5 nitrogen and oxygen atoms in total. The van der Waals surface area contributed by atoms with Crippen LogP contribution in [0.4, 0.5) is 0 Å². The maximum absolute atomic E-state index is 12.1. The average Bonchev–Trinajstić information content (AvgIpc) is 2.76. The fourth-order valence-corrected chi connectivity index (χ4v) is 3.60. The van der Waals surface area contributed by atoms with Gasteiger partial charge in [0.2, 0.25) is 5.76 Å². The molecule has 1 aromatic carbocycles. The number of carbonyl (C=O) groups excluding carboxylic acids is 1. The van der Waals surface area contributed by atoms with Crippen LogP contribution in [0.5, 0.6) is 0 Å². The van der Waals surface area contributed by atoms with Crippen LogP contribution in [0.1, 0.15) is 11.1 Å². The maximum Gasteiger partial charge on any atom is 0.317 e. The maximum atomic E-state index is 12.1. The van der Waals surface area contributed by atoms with Crippen LogP contribution in [0.25, 0.3) is 10.2 Å². The number of amides is 1. The molecule has 1 aliphatic rings. The predicted molar refractivity (Wildman–Crippen MR) is 80.8 cm³/mol. The highest BCUT2D eigenvalue weighted by molar-refractivity contribution is 7.16. The Hall–Kier alpha value is -2.08. The minimum absolute atomic E-state index is 0.159. The Kier molecular flexibility index (Phi) is 3.55. The highest BCUT2D eigenvalue weighted by Gasteiger charge is 2.15. The summed E-state index contributed by atoms with van der Waals surface area (Å²) in [6, 6.07) is 4.23. The van der Waals surface area contributed by atoms with E-state index in [9.17, 15) is 4.79 Å². The molecule has 0 atom stereocenters. The molecule has 0 aliphatic carbocycles. The van der Waals surface area contributed by atoms with E-state index in [1.54, 1.807) is 0 Å². The van der Waals surface area contributed by atoms with Gasteiger partial charge in [0.25, 0.3) is 0 Å². The fraction of sp³-hybridized carbons (Fsp3) is 0.333. The van der Waals surface area contributed by atoms with E-state index in [2.05, 4.69) is 31.0 Å². The highest BCUT2D eigenvalue weighted by Crippen LogP contribution is 2.22. The summed E-state index contributed by atoms with van der Waals surface area (Å²) in [5, 5.41) is 0. The van der Waals surface area contributed by atoms with Gasteiger partial charge in [-0.2, -0.15) is 4.99 Å². The van der Waals surface area contributed by atoms with Gasteiger partial charge in [0.15, 0.2) is 4.80 Å². The molecule has 3 rings (SSSR count). The number of rotatable bonds is 1. The molecule has 0 saturated carbocycles. The largest absolute Gasteiger partial charge is 0.494 e. The lowest BCUT2D eigenvalue weighted by Crippen LogP contribution is -2.18. The number of fused-ring (bicyclic) bond motifs is 1. The van der Waals surface area contributed by atoms with Gasteiger partial charge in [0.1, 0.15) is 19.5 Å². The van der Waals surface area contributed by atoms with E-state index in [0.29, 0.717) is 18.0 Å². The van der Waals surface area contributed by atoms with Crippen LogP contribution >= 0.6 is 11.3 Å². The number of hydrogen-bond donors (Lipinski definition) is 0. The third-order valence-corrected chi connectivity index (χ3v) is 4.37. The van der Waals surface area contributed by atoms with E-state index in [1.807, 2.05) is 11.6 Å². The molecule has 0 fully saturated rings. The Labute approximate surface area is 126 Å². The lowest BCUT2D eigenvalue weighted by Gasteiger charge is -2.12. The lowest BCUT2D eigenvalue weighted by atomic mass is 10.1. The molecular weight excluding hydrogens is 288 g/mol. The van der Waals surface area contributed by atoms with Crippen LogP contribution in [0.15, 0.2) is 29.1 Å². The van der Waals surface area contributed by atoms with Gasteiger partial charge in [-0.1, -0.05) is 17.4 Å². The molecule has 1 aromatic heterocycles. The summed E-state index contributed by atoms with van der Waals surface area (Å²) in [7, 11) is 1.92. The van der Waals surface area contributed by atoms with Crippen molar-refractivity contribution in [2.45, 2.75) is 13.8 Å². The number of ether oxygens (including phenoxy) is 2. The van der Waals surface area contributed by atoms with E-state index < -0.39 is 5.91 Å². The zero-order chi connectivity index (χ0) is 15.0. The first-order chi connectivity index (χ1) is 10.1. The molecule has 2 aromatic rings. The van der Waals surface area contributed by atoms with Crippen LogP contribution in [0.3, 0.4) is 0 Å². The third-order valence-electron chi connectivity index (χ3n) is 3.29. The number of nitrogens with zero attached hydrogens (tertiary/aromatic N) is 2. The Balaban J connectivity index is 2.10. The molecule has 0 spiro atoms. The molecule has 0 N–H and O–H groups in total. The van der Waals surface area contributed by atoms with Crippen LogP contribution in [-0.4, -0.2) is 23.7 Å². The van der Waals surface area contributed by atoms with E-state index >= 15 is 0 Å². The Bertz CT molecular complexity index is 814. The number of aryl methyl sites for hydroxylation is 3. The first-order valence-corrected chi connectivity index (χ1v) is 7.48. The van der Waals surface area contributed by atoms with Gasteiger partial charge < -0.3 is 14.0 Å². The highest BCUT2D eigenvalue weighted by atomic mass is 32.1. The van der Waals surface area contributed by atoms with Crippen molar-refractivity contribution in [2.75, 3.05) is 13.2 Å². The SMILES string of the molecule is Cc1cc(C)c2c(c1)sc(=NC(=O)C1=COCCO1)n2C. The number of benzene rings is 1. The second-order valence-corrected chi connectivity index (χ2v) is 6.00. The van der Waals surface area contributed by atoms with Crippen LogP contribution in [0, 0.1) is 13.8 Å². The number of hydrogen-bond acceptors (Lipinski definition) is 4. The summed E-state index contributed by atoms with van der Waals surface area (Å²) < 4.78 is 13.4. The predicted octanol–water partition coefficient (Wildman–Crippen LogP) is 2.17. The van der Waals surface area contributed by atoms with Crippen molar-refractivity contribution in [3.05, 3.63) is 40.1 Å². The second kappa shape index (κ2) is 5.37. The molecule has 21 heavy (non-hydrogen) atoms. The Morgan fingerprint density at radius 3 is 2.86 bits per heavy atom. The van der Waals surface area contributed by atoms with Crippen molar-refractivity contribution in [3.63, 3.8) is 0 Å². The minimum atomic E-state index is -0.411. The van der Waals surface area contributed by atoms with E-state index in [4.69, 9.17) is 9.47 Å². The zero-order valence-corrected chi connectivity index (χ0v) is 13.0. The van der Waals surface area contributed by atoms with Gasteiger partial charge >= 0.3 is 5.91 Å². The average molecular weight is 304 g/mol. The molecule has 0 bridgehead atoms. The molecule has 0 radical (unpaired) electrons. The lowest BCUT2D eigenvalue weighted by molar-refractivity contribution is -0.119. The van der Waals surface area contributed by atoms with Crippen molar-refractivity contribution in [3.8, 4) is 0 Å². The van der Waals surface area contributed by atoms with Crippen molar-refractivity contribution >= 4 is 27.5 Å². The zero-order valence-electron chi connectivity index (χ0n) is 12.2. The van der Waals surface area contributed by atoms with E-state index in [-0.39, 0.29) is 5.76 Å². The van der Waals surface area contributed by atoms with Crippen molar-refractivity contribution in [1.29, 1.82) is 0 Å². The summed E-state index contributed by atoms with van der Waals surface area (Å²) in [6.45, 7) is 4.97. The normalized spacial score (nSPS) is 15.6. The molecule has 2 heterocycles. The molecule has 1 amide bonds. The van der Waals surface area contributed by atoms with Crippen LogP contribution < -0.4 is 4.80 Å². The van der Waals surface area contributed by atoms with Crippen molar-refractivity contribution in [2.24, 2.45) is 12.0 Å². The molecule has 110 valence electrons. The Morgan fingerprint density at radius 2 is 2.14 bits per heavy atom. The van der Waals surface area contributed by atoms with Gasteiger partial charge in [-0.05, 0) is 31.0 Å². The molecule has 1 aliphatic heterocycles. The monoisotopic (exact) mass is 304 g/mol. The fourth-order valence-electron chi connectivity index (χ4n) is 2.41. The second-order valence-electron chi connectivity index (χ2n) is 4.99. The first kappa shape index (κ1) is 13.9. The summed E-state index contributed by atoms with van der Waals surface area (Å²) in [4.78, 5) is 16.9. The summed E-state index contributed by atoms with van der Waals surface area (Å²) in [5.41, 5.74) is 3.48. The van der Waals surface area contributed by atoms with E-state index in [1.165, 1.54) is 28.7 Å². The smallest absolute Gasteiger partial charge is 0.317 e. The van der Waals surface area contributed by atoms with Gasteiger partial charge in [-0.15, -0.1) is 0 Å². The topological polar surface area (TPSA) is 52.8 Å².